The number of hydrogen-bond donors (Lipinski definition) is 1. The Balaban J connectivity index is 1.70. The molecule has 1 saturated heterocycles. The molecule has 1 unspecified atom stereocenters. The van der Waals surface area contributed by atoms with Gasteiger partial charge in [0, 0.05) is 6.54 Å². The van der Waals surface area contributed by atoms with Crippen molar-refractivity contribution in [3.8, 4) is 0 Å². The fraction of sp³-hybridized carbons (Fsp3) is 0.588. The van der Waals surface area contributed by atoms with Crippen LogP contribution in [0.5, 0.6) is 0 Å². The van der Waals surface area contributed by atoms with Crippen molar-refractivity contribution in [1.29, 1.82) is 0 Å². The Bertz CT molecular complexity index is 508. The van der Waals surface area contributed by atoms with Gasteiger partial charge in [-0.25, -0.2) is 0 Å². The number of nitrogens with zero attached hydrogens (tertiary/aromatic N) is 1. The normalized spacial score (nSPS) is 22.6. The van der Waals surface area contributed by atoms with Crippen molar-refractivity contribution in [2.75, 3.05) is 13.1 Å². The number of aryl methyl sites for hydroxylation is 2. The highest BCUT2D eigenvalue weighted by molar-refractivity contribution is 5.81. The quantitative estimate of drug-likeness (QED) is 0.894. The minimum absolute atomic E-state index is 0.0716. The predicted octanol–water partition coefficient (Wildman–Crippen LogP) is 2.92. The summed E-state index contributed by atoms with van der Waals surface area (Å²) in [5.41, 5.74) is 3.79. The Hall–Kier alpha value is -1.35. The fourth-order valence-corrected chi connectivity index (χ4v) is 3.16. The first-order valence-electron chi connectivity index (χ1n) is 7.75. The van der Waals surface area contributed by atoms with Crippen molar-refractivity contribution in [3.05, 3.63) is 34.9 Å². The van der Waals surface area contributed by atoms with E-state index in [9.17, 15) is 4.79 Å². The van der Waals surface area contributed by atoms with Crippen LogP contribution in [0, 0.1) is 19.8 Å². The molecule has 3 heteroatoms. The first-order valence-corrected chi connectivity index (χ1v) is 7.75. The van der Waals surface area contributed by atoms with E-state index in [0.717, 1.165) is 18.9 Å². The van der Waals surface area contributed by atoms with Gasteiger partial charge < -0.3 is 4.90 Å². The van der Waals surface area contributed by atoms with E-state index in [1.165, 1.54) is 36.0 Å². The number of rotatable bonds is 5. The molecule has 1 aliphatic heterocycles. The molecule has 1 amide bonds. The van der Waals surface area contributed by atoms with Crippen molar-refractivity contribution >= 4 is 5.91 Å². The lowest BCUT2D eigenvalue weighted by atomic mass is 10.0. The summed E-state index contributed by atoms with van der Waals surface area (Å²) in [6.45, 7) is 5.61. The molecule has 0 aromatic heterocycles. The van der Waals surface area contributed by atoms with Crippen molar-refractivity contribution in [1.82, 2.24) is 10.2 Å². The van der Waals surface area contributed by atoms with Gasteiger partial charge >= 0.3 is 0 Å². The SMILES string of the molecule is Cc1ccc(C2NCC(=O)N2CCCC2CC2)c(C)c1. The monoisotopic (exact) mass is 272 g/mol. The summed E-state index contributed by atoms with van der Waals surface area (Å²) in [5, 5.41) is 3.36. The summed E-state index contributed by atoms with van der Waals surface area (Å²) in [6, 6.07) is 6.49. The average molecular weight is 272 g/mol. The van der Waals surface area contributed by atoms with Gasteiger partial charge in [0.2, 0.25) is 5.91 Å². The van der Waals surface area contributed by atoms with E-state index in [0.29, 0.717) is 6.54 Å². The highest BCUT2D eigenvalue weighted by Gasteiger charge is 2.32. The van der Waals surface area contributed by atoms with Crippen LogP contribution in [-0.2, 0) is 4.79 Å². The van der Waals surface area contributed by atoms with E-state index in [1.807, 2.05) is 4.90 Å². The van der Waals surface area contributed by atoms with Crippen LogP contribution in [0.3, 0.4) is 0 Å². The molecule has 2 aliphatic rings. The predicted molar refractivity (Wildman–Crippen MR) is 80.3 cm³/mol. The molecule has 1 aromatic rings. The first-order chi connectivity index (χ1) is 9.65. The van der Waals surface area contributed by atoms with Gasteiger partial charge in [-0.2, -0.15) is 0 Å². The van der Waals surface area contributed by atoms with Crippen LogP contribution in [-0.4, -0.2) is 23.9 Å². The molecule has 3 rings (SSSR count). The van der Waals surface area contributed by atoms with Crippen LogP contribution in [0.15, 0.2) is 18.2 Å². The van der Waals surface area contributed by atoms with Gasteiger partial charge in [0.25, 0.3) is 0 Å². The molecule has 0 spiro atoms. The van der Waals surface area contributed by atoms with Crippen LogP contribution in [0.1, 0.15) is 48.5 Å². The Morgan fingerprint density at radius 1 is 1.30 bits per heavy atom. The molecular weight excluding hydrogens is 248 g/mol. The summed E-state index contributed by atoms with van der Waals surface area (Å²) >= 11 is 0. The third-order valence-corrected chi connectivity index (χ3v) is 4.51. The molecule has 1 aromatic carbocycles. The fourth-order valence-electron chi connectivity index (χ4n) is 3.16. The number of carbonyl (C=O) groups excluding carboxylic acids is 1. The van der Waals surface area contributed by atoms with Crippen molar-refractivity contribution in [2.45, 2.75) is 45.7 Å². The highest BCUT2D eigenvalue weighted by Crippen LogP contribution is 2.34. The van der Waals surface area contributed by atoms with Crippen molar-refractivity contribution in [3.63, 3.8) is 0 Å². The lowest BCUT2D eigenvalue weighted by molar-refractivity contribution is -0.128. The molecule has 1 saturated carbocycles. The van der Waals surface area contributed by atoms with Crippen molar-refractivity contribution < 1.29 is 4.79 Å². The largest absolute Gasteiger partial charge is 0.322 e. The zero-order valence-corrected chi connectivity index (χ0v) is 12.5. The summed E-state index contributed by atoms with van der Waals surface area (Å²) < 4.78 is 0. The topological polar surface area (TPSA) is 32.3 Å². The second-order valence-electron chi connectivity index (χ2n) is 6.32. The molecule has 3 nitrogen and oxygen atoms in total. The van der Waals surface area contributed by atoms with Gasteiger partial charge in [-0.05, 0) is 43.7 Å². The van der Waals surface area contributed by atoms with Crippen molar-refractivity contribution in [2.24, 2.45) is 5.92 Å². The first kappa shape index (κ1) is 13.6. The Morgan fingerprint density at radius 3 is 2.80 bits per heavy atom. The van der Waals surface area contributed by atoms with E-state index < -0.39 is 0 Å². The van der Waals surface area contributed by atoms with Crippen LogP contribution in [0.25, 0.3) is 0 Å². The zero-order chi connectivity index (χ0) is 14.1. The molecule has 1 N–H and O–H groups in total. The second-order valence-corrected chi connectivity index (χ2v) is 6.32. The smallest absolute Gasteiger partial charge is 0.238 e. The second kappa shape index (κ2) is 5.57. The Morgan fingerprint density at radius 2 is 2.10 bits per heavy atom. The van der Waals surface area contributed by atoms with Gasteiger partial charge in [0.1, 0.15) is 6.17 Å². The van der Waals surface area contributed by atoms with Crippen LogP contribution < -0.4 is 5.32 Å². The number of nitrogens with one attached hydrogen (secondary N) is 1. The lowest BCUT2D eigenvalue weighted by Gasteiger charge is -2.26. The van der Waals surface area contributed by atoms with Gasteiger partial charge in [0.15, 0.2) is 0 Å². The van der Waals surface area contributed by atoms with E-state index in [4.69, 9.17) is 0 Å². The highest BCUT2D eigenvalue weighted by atomic mass is 16.2. The van der Waals surface area contributed by atoms with Gasteiger partial charge in [-0.3, -0.25) is 10.1 Å². The van der Waals surface area contributed by atoms with E-state index >= 15 is 0 Å². The molecular formula is C17H24N2O. The average Bonchev–Trinajstić information content (AvgIpc) is 3.16. The van der Waals surface area contributed by atoms with E-state index in [1.54, 1.807) is 0 Å². The number of amides is 1. The number of carbonyl (C=O) groups is 1. The van der Waals surface area contributed by atoms with Crippen LogP contribution >= 0.6 is 0 Å². The summed E-state index contributed by atoms with van der Waals surface area (Å²) in [4.78, 5) is 14.1. The molecule has 1 atom stereocenters. The lowest BCUT2D eigenvalue weighted by Crippen LogP contribution is -2.31. The minimum Gasteiger partial charge on any atom is -0.322 e. The molecule has 2 fully saturated rings. The molecule has 0 bridgehead atoms. The van der Waals surface area contributed by atoms with E-state index in [-0.39, 0.29) is 12.1 Å². The van der Waals surface area contributed by atoms with Gasteiger partial charge in [0.05, 0.1) is 6.54 Å². The molecule has 1 aliphatic carbocycles. The van der Waals surface area contributed by atoms with Gasteiger partial charge in [-0.1, -0.05) is 36.6 Å². The van der Waals surface area contributed by atoms with E-state index in [2.05, 4.69) is 37.4 Å². The number of hydrogen-bond acceptors (Lipinski definition) is 2. The van der Waals surface area contributed by atoms with Crippen LogP contribution in [0.2, 0.25) is 0 Å². The molecule has 20 heavy (non-hydrogen) atoms. The maximum Gasteiger partial charge on any atom is 0.238 e. The van der Waals surface area contributed by atoms with Gasteiger partial charge in [-0.15, -0.1) is 0 Å². The molecule has 0 radical (unpaired) electrons. The molecule has 1 heterocycles. The third-order valence-electron chi connectivity index (χ3n) is 4.51. The standard InChI is InChI=1S/C17H24N2O/c1-12-5-8-15(13(2)10-12)17-18-11-16(20)19(17)9-3-4-14-6-7-14/h5,8,10,14,17-18H,3-4,6-7,9,11H2,1-2H3. The summed E-state index contributed by atoms with van der Waals surface area (Å²) in [7, 11) is 0. The maximum absolute atomic E-state index is 12.1. The summed E-state index contributed by atoms with van der Waals surface area (Å²) in [6.07, 6.45) is 5.28. The Kier molecular flexibility index (Phi) is 3.79. The zero-order valence-electron chi connectivity index (χ0n) is 12.5. The minimum atomic E-state index is 0.0716. The Labute approximate surface area is 121 Å². The molecule has 108 valence electrons. The third kappa shape index (κ3) is 2.88. The maximum atomic E-state index is 12.1. The van der Waals surface area contributed by atoms with Crippen LogP contribution in [0.4, 0.5) is 0 Å². The summed E-state index contributed by atoms with van der Waals surface area (Å²) in [5.74, 6) is 1.19. The number of benzene rings is 1.